The van der Waals surface area contributed by atoms with E-state index in [0.29, 0.717) is 7.28 Å². The van der Waals surface area contributed by atoms with E-state index in [4.69, 9.17) is 0 Å². The van der Waals surface area contributed by atoms with Gasteiger partial charge in [0, 0.05) is 5.54 Å². The first-order valence-electron chi connectivity index (χ1n) is 6.03. The van der Waals surface area contributed by atoms with Gasteiger partial charge in [-0.1, -0.05) is 40.5 Å². The number of carbonyl (C=O) groups is 1. The molecule has 0 bridgehead atoms. The Morgan fingerprint density at radius 2 is 1.73 bits per heavy atom. The number of nitrogens with one attached hydrogen (secondary N) is 1. The maximum Gasteiger partial charge on any atom is 0.239 e. The van der Waals surface area contributed by atoms with Crippen LogP contribution in [0.5, 0.6) is 0 Å². The predicted octanol–water partition coefficient (Wildman–Crippen LogP) is 3.32. The molecule has 0 aliphatic rings. The Morgan fingerprint density at radius 1 is 1.20 bits per heavy atom. The molecule has 0 radical (unpaired) electrons. The molecule has 0 heterocycles. The summed E-state index contributed by atoms with van der Waals surface area (Å²) in [5, 5.41) is 3.21. The Bertz CT molecular complexity index is 212. The van der Waals surface area contributed by atoms with Gasteiger partial charge in [0.25, 0.3) is 0 Å². The molecular weight excluding hydrogens is 185 g/mol. The van der Waals surface area contributed by atoms with Gasteiger partial charge in [0.05, 0.1) is 0 Å². The Balaban J connectivity index is 4.14. The second kappa shape index (κ2) is 5.57. The Hall–Kier alpha value is -0.465. The molecule has 1 N–H and O–H groups in total. The van der Waals surface area contributed by atoms with Crippen molar-refractivity contribution in [2.75, 3.05) is 0 Å². The maximum atomic E-state index is 11.8. The molecule has 0 fully saturated rings. The number of hydrogen-bond donors (Lipinski definition) is 1. The van der Waals surface area contributed by atoms with Crippen molar-refractivity contribution in [2.24, 2.45) is 0 Å². The van der Waals surface area contributed by atoms with E-state index >= 15 is 0 Å². The normalized spacial score (nSPS) is 12.4. The summed E-state index contributed by atoms with van der Waals surface area (Å²) in [7, 11) is 0.629. The molecule has 0 atom stereocenters. The first kappa shape index (κ1) is 14.5. The summed E-state index contributed by atoms with van der Waals surface area (Å²) < 4.78 is 0. The van der Waals surface area contributed by atoms with Gasteiger partial charge in [-0.15, -0.1) is 0 Å². The highest BCUT2D eigenvalue weighted by molar-refractivity contribution is 6.75. The average Bonchev–Trinajstić information content (AvgIpc) is 2.01. The van der Waals surface area contributed by atoms with Crippen LogP contribution < -0.4 is 5.32 Å². The van der Waals surface area contributed by atoms with Gasteiger partial charge in [0.2, 0.25) is 7.28 Å². The molecule has 0 aromatic rings. The molecule has 0 rings (SSSR count). The fourth-order valence-corrected chi connectivity index (χ4v) is 1.71. The summed E-state index contributed by atoms with van der Waals surface area (Å²) in [4.78, 5) is 11.8. The molecule has 0 aliphatic carbocycles. The van der Waals surface area contributed by atoms with Crippen LogP contribution in [-0.4, -0.2) is 18.6 Å². The average molecular weight is 211 g/mol. The van der Waals surface area contributed by atoms with Crippen molar-refractivity contribution in [2.45, 2.75) is 71.7 Å². The molecule has 15 heavy (non-hydrogen) atoms. The molecule has 1 amide bonds. The Kier molecular flexibility index (Phi) is 5.40. The van der Waals surface area contributed by atoms with E-state index in [0.717, 1.165) is 19.3 Å². The van der Waals surface area contributed by atoms with Crippen molar-refractivity contribution in [1.82, 2.24) is 5.32 Å². The zero-order valence-corrected chi connectivity index (χ0v) is 11.2. The first-order valence-corrected chi connectivity index (χ1v) is 6.03. The van der Waals surface area contributed by atoms with Gasteiger partial charge in [0.1, 0.15) is 0 Å². The Labute approximate surface area is 95.5 Å². The number of amides is 1. The number of hydrogen-bond acceptors (Lipinski definition) is 1. The molecule has 0 saturated carbocycles. The van der Waals surface area contributed by atoms with Gasteiger partial charge in [-0.05, 0) is 25.6 Å². The quantitative estimate of drug-likeness (QED) is 0.671. The van der Waals surface area contributed by atoms with Crippen LogP contribution in [0.1, 0.15) is 60.8 Å². The minimum Gasteiger partial charge on any atom is -0.360 e. The summed E-state index contributed by atoms with van der Waals surface area (Å²) in [6, 6.07) is 0. The lowest BCUT2D eigenvalue weighted by molar-refractivity contribution is 0.247. The molecule has 88 valence electrons. The lowest BCUT2D eigenvalue weighted by atomic mass is 9.52. The van der Waals surface area contributed by atoms with Crippen molar-refractivity contribution < 1.29 is 4.79 Å². The largest absolute Gasteiger partial charge is 0.360 e. The van der Waals surface area contributed by atoms with E-state index in [2.05, 4.69) is 46.9 Å². The Morgan fingerprint density at radius 3 is 2.13 bits per heavy atom. The molecular formula is C12H26BNO. The van der Waals surface area contributed by atoms with Gasteiger partial charge in [-0.2, -0.15) is 0 Å². The van der Waals surface area contributed by atoms with Crippen LogP contribution in [0.4, 0.5) is 4.79 Å². The molecule has 0 aromatic heterocycles. The zero-order valence-electron chi connectivity index (χ0n) is 11.2. The predicted molar refractivity (Wildman–Crippen MR) is 69.0 cm³/mol. The van der Waals surface area contributed by atoms with Gasteiger partial charge in [-0.25, -0.2) is 0 Å². The van der Waals surface area contributed by atoms with Crippen molar-refractivity contribution in [3.63, 3.8) is 0 Å². The third-order valence-corrected chi connectivity index (χ3v) is 2.93. The van der Waals surface area contributed by atoms with Gasteiger partial charge >= 0.3 is 0 Å². The van der Waals surface area contributed by atoms with Gasteiger partial charge in [-0.3, -0.25) is 4.79 Å². The van der Waals surface area contributed by atoms with Crippen molar-refractivity contribution in [1.29, 1.82) is 0 Å². The van der Waals surface area contributed by atoms with E-state index in [1.165, 1.54) is 0 Å². The van der Waals surface area contributed by atoms with Gasteiger partial charge in [0.15, 0.2) is 5.81 Å². The van der Waals surface area contributed by atoms with E-state index in [9.17, 15) is 4.79 Å². The van der Waals surface area contributed by atoms with E-state index in [-0.39, 0.29) is 16.7 Å². The lowest BCUT2D eigenvalue weighted by Gasteiger charge is -2.28. The highest BCUT2D eigenvalue weighted by Crippen LogP contribution is 2.29. The van der Waals surface area contributed by atoms with Crippen LogP contribution in [0.15, 0.2) is 0 Å². The third-order valence-electron chi connectivity index (χ3n) is 2.93. The molecule has 0 aliphatic heterocycles. The highest BCUT2D eigenvalue weighted by atomic mass is 16.1. The molecule has 0 spiro atoms. The second-order valence-electron chi connectivity index (χ2n) is 5.88. The summed E-state index contributed by atoms with van der Waals surface area (Å²) in [6.07, 6.45) is 3.21. The monoisotopic (exact) mass is 211 g/mol. The zero-order chi connectivity index (χ0) is 12.1. The topological polar surface area (TPSA) is 29.1 Å². The lowest BCUT2D eigenvalue weighted by Crippen LogP contribution is -2.46. The van der Waals surface area contributed by atoms with E-state index in [1.807, 2.05) is 0 Å². The van der Waals surface area contributed by atoms with Crippen molar-refractivity contribution >= 4 is 13.1 Å². The van der Waals surface area contributed by atoms with Crippen LogP contribution >= 0.6 is 0 Å². The third kappa shape index (κ3) is 6.59. The molecule has 0 saturated heterocycles. The van der Waals surface area contributed by atoms with Crippen LogP contribution in [0.25, 0.3) is 0 Å². The van der Waals surface area contributed by atoms with Crippen LogP contribution in [0.3, 0.4) is 0 Å². The van der Waals surface area contributed by atoms with Crippen molar-refractivity contribution in [3.05, 3.63) is 0 Å². The number of carbonyl (C=O) groups excluding carboxylic acids is 1. The smallest absolute Gasteiger partial charge is 0.239 e. The van der Waals surface area contributed by atoms with E-state index in [1.54, 1.807) is 0 Å². The van der Waals surface area contributed by atoms with Crippen LogP contribution in [-0.2, 0) is 0 Å². The van der Waals surface area contributed by atoms with E-state index < -0.39 is 0 Å². The molecule has 3 heteroatoms. The highest BCUT2D eigenvalue weighted by Gasteiger charge is 2.26. The molecule has 0 aromatic carbocycles. The summed E-state index contributed by atoms with van der Waals surface area (Å²) >= 11 is 0. The fourth-order valence-electron chi connectivity index (χ4n) is 1.71. The number of rotatable bonds is 6. The SMILES string of the molecule is CCCC(C)(C)BC(=O)NC(C)(C)CC. The second-order valence-corrected chi connectivity index (χ2v) is 5.88. The summed E-state index contributed by atoms with van der Waals surface area (Å²) in [6.45, 7) is 12.7. The maximum absolute atomic E-state index is 11.8. The van der Waals surface area contributed by atoms with Crippen molar-refractivity contribution in [3.8, 4) is 0 Å². The molecule has 0 unspecified atom stereocenters. The van der Waals surface area contributed by atoms with Gasteiger partial charge < -0.3 is 5.32 Å². The fraction of sp³-hybridized carbons (Fsp3) is 0.917. The minimum atomic E-state index is -0.0701. The standard InChI is InChI=1S/C12H26BNO/c1-7-9-11(3,4)13-10(15)14-12(5,6)8-2/h13H,7-9H2,1-6H3,(H,14,15). The van der Waals surface area contributed by atoms with Crippen LogP contribution in [0.2, 0.25) is 5.31 Å². The molecule has 2 nitrogen and oxygen atoms in total. The summed E-state index contributed by atoms with van der Waals surface area (Å²) in [5.41, 5.74) is -0.0701. The van der Waals surface area contributed by atoms with Crippen LogP contribution in [0, 0.1) is 0 Å². The minimum absolute atomic E-state index is 0.0701. The summed E-state index contributed by atoms with van der Waals surface area (Å²) in [5.74, 6) is 0.181. The first-order chi connectivity index (χ1) is 6.72.